The zero-order valence-electron chi connectivity index (χ0n) is 29.8. The van der Waals surface area contributed by atoms with Crippen LogP contribution in [0.5, 0.6) is 0 Å². The van der Waals surface area contributed by atoms with Crippen molar-refractivity contribution in [2.24, 2.45) is 0 Å². The van der Waals surface area contributed by atoms with Crippen LogP contribution in [0.2, 0.25) is 0 Å². The van der Waals surface area contributed by atoms with Crippen molar-refractivity contribution in [1.82, 2.24) is 0 Å². The van der Waals surface area contributed by atoms with Crippen molar-refractivity contribution in [1.29, 1.82) is 0 Å². The summed E-state index contributed by atoms with van der Waals surface area (Å²) in [5.74, 6) is -0.0672. The number of benzene rings is 2. The molecule has 266 valence electrons. The van der Waals surface area contributed by atoms with Gasteiger partial charge in [0.25, 0.3) is 10.1 Å². The summed E-state index contributed by atoms with van der Waals surface area (Å²) in [6, 6.07) is 16.8. The van der Waals surface area contributed by atoms with Crippen molar-refractivity contribution >= 4 is 49.5 Å². The minimum absolute atomic E-state index is 0. The van der Waals surface area contributed by atoms with Crippen LogP contribution in [-0.4, -0.2) is 53.3 Å². The van der Waals surface area contributed by atoms with E-state index in [-0.39, 0.29) is 57.4 Å². The molecular weight excluding hydrogens is 703 g/mol. The third-order valence-electron chi connectivity index (χ3n) is 9.92. The van der Waals surface area contributed by atoms with Crippen molar-refractivity contribution in [3.05, 3.63) is 106 Å². The molecule has 8 nitrogen and oxygen atoms in total. The number of anilines is 1. The standard InChI is InChI=1S/C38H46ClN2O5S2.Na.H2O/c1-37(2)30-16-5-7-18-32(30)40(24-9-11-26-47(42)43)34(37)22-20-28-14-13-15-29(36(28)39)21-23-35-38(3,4)31-17-6-8-19-33(31)41(35)25-10-12-27-48(44,45)46;;/h5-8,16-23H,9-15,24-27H2,1-4H3;;1H2/q-1;+1;. The van der Waals surface area contributed by atoms with Gasteiger partial charge in [0.15, 0.2) is 5.71 Å². The summed E-state index contributed by atoms with van der Waals surface area (Å²) in [5.41, 5.74) is 8.81. The number of para-hydroxylation sites is 2. The number of hydrogen-bond acceptors (Lipinski definition) is 7. The molecule has 0 amide bonds. The number of rotatable bonds is 13. The van der Waals surface area contributed by atoms with E-state index in [1.54, 1.807) is 0 Å². The van der Waals surface area contributed by atoms with E-state index in [9.17, 15) is 21.4 Å². The Morgan fingerprint density at radius 1 is 0.900 bits per heavy atom. The van der Waals surface area contributed by atoms with Gasteiger partial charge in [-0.05, 0) is 74.8 Å². The zero-order valence-corrected chi connectivity index (χ0v) is 34.2. The molecule has 2 heterocycles. The third kappa shape index (κ3) is 9.50. The number of allylic oxidation sites excluding steroid dienone is 8. The van der Waals surface area contributed by atoms with E-state index in [2.05, 4.69) is 104 Å². The van der Waals surface area contributed by atoms with E-state index in [4.69, 9.17) is 11.6 Å². The van der Waals surface area contributed by atoms with Crippen LogP contribution in [0.3, 0.4) is 0 Å². The van der Waals surface area contributed by atoms with Gasteiger partial charge in [-0.15, -0.1) is 0 Å². The Kier molecular flexibility index (Phi) is 15.0. The van der Waals surface area contributed by atoms with Gasteiger partial charge in [0.1, 0.15) is 6.54 Å². The van der Waals surface area contributed by atoms with Crippen LogP contribution in [-0.2, 0) is 40.1 Å². The topological polar surface area (TPSA) is 125 Å². The first-order valence-electron chi connectivity index (χ1n) is 16.8. The van der Waals surface area contributed by atoms with Crippen LogP contribution >= 0.6 is 11.6 Å². The van der Waals surface area contributed by atoms with Crippen LogP contribution in [0.4, 0.5) is 11.4 Å². The van der Waals surface area contributed by atoms with Gasteiger partial charge in [-0.1, -0.05) is 96.9 Å². The normalized spacial score (nSPS) is 19.7. The molecule has 2 aromatic carbocycles. The van der Waals surface area contributed by atoms with Gasteiger partial charge >= 0.3 is 29.6 Å². The average molecular weight is 751 g/mol. The van der Waals surface area contributed by atoms with Gasteiger partial charge in [0.2, 0.25) is 5.69 Å². The molecule has 3 aliphatic rings. The van der Waals surface area contributed by atoms with Gasteiger partial charge in [-0.3, -0.25) is 4.55 Å². The first-order valence-corrected chi connectivity index (χ1v) is 20.1. The fourth-order valence-corrected chi connectivity index (χ4v) is 8.70. The van der Waals surface area contributed by atoms with Gasteiger partial charge < -0.3 is 18.8 Å². The molecule has 0 radical (unpaired) electrons. The fourth-order valence-electron chi connectivity index (χ4n) is 7.38. The summed E-state index contributed by atoms with van der Waals surface area (Å²) < 4.78 is 56.4. The number of nitrogens with zero attached hydrogens (tertiary/aromatic N) is 2. The Hall–Kier alpha value is -2.02. The first kappa shape index (κ1) is 42.4. The molecule has 2 aromatic rings. The van der Waals surface area contributed by atoms with E-state index in [0.717, 1.165) is 59.8 Å². The quantitative estimate of drug-likeness (QED) is 0.0945. The number of halogens is 1. The summed E-state index contributed by atoms with van der Waals surface area (Å²) in [7, 11) is -6.02. The largest absolute Gasteiger partial charge is 1.00 e. The SMILES string of the molecule is CC1(C)C(/C=C/C2=C(Cl)C(=C/C=C3\N(CCCCS(=O)(=O)O)c4ccccc4C3(C)C)/CCC2)=[N+](CCCC[S-](=O)=O)c2ccccc21.[Na+].[OH-]. The smallest absolute Gasteiger partial charge is 0.870 e. The van der Waals surface area contributed by atoms with Crippen molar-refractivity contribution < 1.29 is 61.0 Å². The molecule has 50 heavy (non-hydrogen) atoms. The molecule has 0 unspecified atom stereocenters. The summed E-state index contributed by atoms with van der Waals surface area (Å²) in [6.07, 6.45) is 13.9. The van der Waals surface area contributed by atoms with Crippen molar-refractivity contribution in [3.8, 4) is 0 Å². The maximum absolute atomic E-state index is 11.3. The average Bonchev–Trinajstić information content (AvgIpc) is 3.38. The molecule has 12 heteroatoms. The fraction of sp³-hybridized carbons (Fsp3) is 0.447. The molecule has 0 fully saturated rings. The van der Waals surface area contributed by atoms with E-state index in [1.165, 1.54) is 22.5 Å². The van der Waals surface area contributed by atoms with Gasteiger partial charge in [-0.2, -0.15) is 13.0 Å². The second-order valence-corrected chi connectivity index (χ2v) is 16.9. The van der Waals surface area contributed by atoms with Gasteiger partial charge in [0, 0.05) is 52.5 Å². The molecule has 0 saturated carbocycles. The molecule has 0 spiro atoms. The van der Waals surface area contributed by atoms with E-state index in [0.29, 0.717) is 25.8 Å². The predicted octanol–water partition coefficient (Wildman–Crippen LogP) is 5.49. The zero-order chi connectivity index (χ0) is 34.7. The Morgan fingerprint density at radius 3 is 2.28 bits per heavy atom. The van der Waals surface area contributed by atoms with E-state index >= 15 is 0 Å². The summed E-state index contributed by atoms with van der Waals surface area (Å²) in [6.45, 7) is 10.3. The Bertz CT molecular complexity index is 1900. The maximum atomic E-state index is 11.3. The molecular formula is C38H48ClN2NaO6S2. The molecule has 0 atom stereocenters. The van der Waals surface area contributed by atoms with Crippen LogP contribution < -0.4 is 34.5 Å². The first-order chi connectivity index (χ1) is 22.7. The van der Waals surface area contributed by atoms with Gasteiger partial charge in [0.05, 0.1) is 11.2 Å². The monoisotopic (exact) mass is 750 g/mol. The van der Waals surface area contributed by atoms with Gasteiger partial charge in [-0.25, -0.2) is 0 Å². The predicted molar refractivity (Wildman–Crippen MR) is 199 cm³/mol. The Balaban J connectivity index is 0.00000338. The Labute approximate surface area is 327 Å². The van der Waals surface area contributed by atoms with E-state index in [1.807, 2.05) is 6.07 Å². The molecule has 1 aliphatic carbocycles. The second-order valence-electron chi connectivity index (χ2n) is 14.0. The second kappa shape index (κ2) is 17.7. The summed E-state index contributed by atoms with van der Waals surface area (Å²) in [5, 5.41) is 0.778. The summed E-state index contributed by atoms with van der Waals surface area (Å²) in [4.78, 5) is 2.28. The van der Waals surface area contributed by atoms with Crippen molar-refractivity contribution in [3.63, 3.8) is 0 Å². The number of unbranched alkanes of at least 4 members (excludes halogenated alkanes) is 2. The van der Waals surface area contributed by atoms with Crippen molar-refractivity contribution in [2.45, 2.75) is 83.5 Å². The molecule has 0 aromatic heterocycles. The van der Waals surface area contributed by atoms with Crippen molar-refractivity contribution in [2.75, 3.05) is 29.5 Å². The maximum Gasteiger partial charge on any atom is 1.00 e. The van der Waals surface area contributed by atoms with Crippen LogP contribution in [0, 0.1) is 0 Å². The number of fused-ring (bicyclic) bond motifs is 2. The molecule has 2 N–H and O–H groups in total. The van der Waals surface area contributed by atoms with Crippen LogP contribution in [0.1, 0.15) is 83.8 Å². The third-order valence-corrected chi connectivity index (χ3v) is 11.8. The van der Waals surface area contributed by atoms with E-state index < -0.39 is 20.8 Å². The minimum Gasteiger partial charge on any atom is -0.870 e. The minimum atomic E-state index is -3.99. The van der Waals surface area contributed by atoms with Crippen LogP contribution in [0.25, 0.3) is 0 Å². The molecule has 0 bridgehead atoms. The summed E-state index contributed by atoms with van der Waals surface area (Å²) >= 11 is 7.15. The van der Waals surface area contributed by atoms with Crippen LogP contribution in [0.15, 0.2) is 94.7 Å². The number of hydrogen-bond donors (Lipinski definition) is 1. The molecule has 0 saturated heterocycles. The Morgan fingerprint density at radius 2 is 1.58 bits per heavy atom. The molecule has 5 rings (SSSR count). The molecule has 2 aliphatic heterocycles.